The largest absolute Gasteiger partial charge is 0.293 e. The molecule has 8 heteroatoms. The number of hydrogen-bond acceptors (Lipinski definition) is 6. The molecule has 0 aliphatic carbocycles. The van der Waals surface area contributed by atoms with Gasteiger partial charge in [-0.2, -0.15) is 0 Å². The van der Waals surface area contributed by atoms with Crippen LogP contribution in [0, 0.1) is 0 Å². The summed E-state index contributed by atoms with van der Waals surface area (Å²) in [4.78, 5) is 22.9. The second-order valence-electron chi connectivity index (χ2n) is 15.3. The molecule has 0 bridgehead atoms. The minimum absolute atomic E-state index is 0.872. The van der Waals surface area contributed by atoms with E-state index in [-0.39, 0.29) is 0 Å². The van der Waals surface area contributed by atoms with Gasteiger partial charge < -0.3 is 0 Å². The molecule has 260 valence electrons. The first-order chi connectivity index (χ1) is 26.3. The Bertz CT molecular complexity index is 2450. The van der Waals surface area contributed by atoms with Crippen LogP contribution in [0.15, 0.2) is 159 Å². The molecule has 0 saturated carbocycles. The smallest absolute Gasteiger partial charge is 0.137 e. The lowest BCUT2D eigenvalue weighted by Gasteiger charge is -2.40. The topological polar surface area (TPSA) is 58.0 Å². The lowest BCUT2D eigenvalue weighted by Crippen LogP contribution is -2.59. The Labute approximate surface area is 317 Å². The van der Waals surface area contributed by atoms with Crippen molar-refractivity contribution in [2.24, 2.45) is 0 Å². The molecule has 0 fully saturated rings. The van der Waals surface area contributed by atoms with E-state index >= 15 is 0 Å². The number of anilines is 6. The van der Waals surface area contributed by atoms with Gasteiger partial charge in [-0.25, -0.2) is 9.97 Å². The van der Waals surface area contributed by atoms with Crippen LogP contribution in [0.3, 0.4) is 0 Å². The summed E-state index contributed by atoms with van der Waals surface area (Å²) >= 11 is 0. The number of hydrogen-bond donors (Lipinski definition) is 0. The van der Waals surface area contributed by atoms with E-state index in [0.717, 1.165) is 34.4 Å². The van der Waals surface area contributed by atoms with E-state index in [4.69, 9.17) is 9.97 Å². The van der Waals surface area contributed by atoms with Crippen molar-refractivity contribution in [1.82, 2.24) is 19.9 Å². The summed E-state index contributed by atoms with van der Waals surface area (Å²) in [6, 6.07) is 44.1. The van der Waals surface area contributed by atoms with Crippen LogP contribution in [0.4, 0.5) is 34.4 Å². The third kappa shape index (κ3) is 4.83. The number of benzene rings is 4. The maximum atomic E-state index is 4.77. The predicted octanol–water partition coefficient (Wildman–Crippen LogP) is 8.97. The van der Waals surface area contributed by atoms with Gasteiger partial charge in [-0.1, -0.05) is 74.7 Å². The number of nitrogens with zero attached hydrogens (tertiary/aromatic N) is 6. The SMILES string of the molecule is C[Si]1(C)c2cc(N(c3cccnc3)c3ccccn3)ccc2-c2ccc3c4c(ccc1c24)[Si](C)(C)c1cc(N(c2cccnc2)c2ccccn2)ccc1-3. The van der Waals surface area contributed by atoms with Crippen LogP contribution in [0.1, 0.15) is 0 Å². The van der Waals surface area contributed by atoms with Gasteiger partial charge in [-0.3, -0.25) is 19.8 Å². The van der Waals surface area contributed by atoms with Crippen LogP contribution in [0.25, 0.3) is 33.0 Å². The van der Waals surface area contributed by atoms with Gasteiger partial charge >= 0.3 is 0 Å². The van der Waals surface area contributed by atoms with Gasteiger partial charge in [-0.15, -0.1) is 0 Å². The Hall–Kier alpha value is -6.23. The number of pyridine rings is 4. The van der Waals surface area contributed by atoms with Crippen molar-refractivity contribution in [1.29, 1.82) is 0 Å². The zero-order valence-corrected chi connectivity index (χ0v) is 32.7. The van der Waals surface area contributed by atoms with Gasteiger partial charge in [0.15, 0.2) is 0 Å². The molecule has 2 aliphatic rings. The molecule has 0 spiro atoms. The first-order valence-electron chi connectivity index (χ1n) is 18.5. The standard InChI is InChI=1S/C46H38N6Si2/c1-53(2)39-21-22-40-46-38(36-18-16-32(28-42(36)54(40,3)4)52(34-12-10-24-48-30-34)44-14-6-8-26-50-44)20-19-37(45(39)46)35-17-15-31(27-41(35)53)51(33-11-9-23-47-29-33)43-13-5-7-25-49-43/h5-30H,1-4H3. The summed E-state index contributed by atoms with van der Waals surface area (Å²) in [5, 5.41) is 8.83. The van der Waals surface area contributed by atoms with E-state index in [1.54, 1.807) is 0 Å². The van der Waals surface area contributed by atoms with E-state index in [1.165, 1.54) is 53.8 Å². The van der Waals surface area contributed by atoms with E-state index in [1.807, 2.05) is 73.6 Å². The van der Waals surface area contributed by atoms with Crippen LogP contribution in [-0.4, -0.2) is 36.1 Å². The molecule has 0 saturated heterocycles. The molecule has 0 atom stereocenters. The highest BCUT2D eigenvalue weighted by Crippen LogP contribution is 2.43. The number of aromatic nitrogens is 4. The van der Waals surface area contributed by atoms with Crippen LogP contribution in [0.5, 0.6) is 0 Å². The van der Waals surface area contributed by atoms with E-state index in [0.29, 0.717) is 0 Å². The molecule has 6 heterocycles. The van der Waals surface area contributed by atoms with Gasteiger partial charge in [0.1, 0.15) is 27.8 Å². The molecule has 0 unspecified atom stereocenters. The zero-order chi connectivity index (χ0) is 36.6. The van der Waals surface area contributed by atoms with E-state index in [9.17, 15) is 0 Å². The maximum Gasteiger partial charge on any atom is 0.137 e. The number of rotatable bonds is 6. The van der Waals surface area contributed by atoms with Crippen molar-refractivity contribution >= 4 is 82.1 Å². The molecular weight excluding hydrogens is 693 g/mol. The Balaban J connectivity index is 1.15. The van der Waals surface area contributed by atoms with Gasteiger partial charge in [0, 0.05) is 36.2 Å². The third-order valence-corrected chi connectivity index (χ3v) is 18.6. The summed E-state index contributed by atoms with van der Waals surface area (Å²) in [6.45, 7) is 10.1. The Morgan fingerprint density at radius 1 is 0.389 bits per heavy atom. The summed E-state index contributed by atoms with van der Waals surface area (Å²) in [7, 11) is -4.36. The van der Waals surface area contributed by atoms with Gasteiger partial charge in [0.25, 0.3) is 0 Å². The van der Waals surface area contributed by atoms with Crippen molar-refractivity contribution in [3.8, 4) is 22.3 Å². The molecule has 0 amide bonds. The van der Waals surface area contributed by atoms with E-state index < -0.39 is 16.1 Å². The fraction of sp³-hybridized carbons (Fsp3) is 0.0870. The second kappa shape index (κ2) is 12.2. The molecule has 6 nitrogen and oxygen atoms in total. The summed E-state index contributed by atoms with van der Waals surface area (Å²) in [5.74, 6) is 1.74. The highest BCUT2D eigenvalue weighted by Gasteiger charge is 2.42. The van der Waals surface area contributed by atoms with Crippen molar-refractivity contribution in [2.45, 2.75) is 26.2 Å². The average molecular weight is 731 g/mol. The minimum Gasteiger partial charge on any atom is -0.293 e. The van der Waals surface area contributed by atoms with Crippen LogP contribution < -0.4 is 30.5 Å². The van der Waals surface area contributed by atoms with E-state index in [2.05, 4.69) is 131 Å². The second-order valence-corrected chi connectivity index (χ2v) is 23.9. The highest BCUT2D eigenvalue weighted by molar-refractivity contribution is 7.05. The average Bonchev–Trinajstić information content (AvgIpc) is 3.21. The first-order valence-corrected chi connectivity index (χ1v) is 24.5. The lowest BCUT2D eigenvalue weighted by atomic mass is 9.90. The van der Waals surface area contributed by atoms with Crippen molar-refractivity contribution in [3.05, 3.63) is 159 Å². The van der Waals surface area contributed by atoms with Gasteiger partial charge in [-0.05, 0) is 127 Å². The molecular formula is C46H38N6Si2. The molecule has 8 aromatic rings. The molecule has 0 N–H and O–H groups in total. The zero-order valence-electron chi connectivity index (χ0n) is 30.7. The molecule has 0 radical (unpaired) electrons. The quantitative estimate of drug-likeness (QED) is 0.159. The molecule has 10 rings (SSSR count). The fourth-order valence-electron chi connectivity index (χ4n) is 8.89. The predicted molar refractivity (Wildman–Crippen MR) is 229 cm³/mol. The number of fused-ring (bicyclic) bond motifs is 4. The first kappa shape index (κ1) is 32.4. The van der Waals surface area contributed by atoms with Crippen LogP contribution >= 0.6 is 0 Å². The van der Waals surface area contributed by atoms with Crippen molar-refractivity contribution < 1.29 is 0 Å². The van der Waals surface area contributed by atoms with Crippen LogP contribution in [-0.2, 0) is 0 Å². The monoisotopic (exact) mass is 730 g/mol. The lowest BCUT2D eigenvalue weighted by molar-refractivity contribution is 1.16. The highest BCUT2D eigenvalue weighted by atomic mass is 28.3. The summed E-state index contributed by atoms with van der Waals surface area (Å²) in [5.41, 5.74) is 9.55. The molecule has 4 aromatic heterocycles. The van der Waals surface area contributed by atoms with Crippen molar-refractivity contribution in [3.63, 3.8) is 0 Å². The minimum atomic E-state index is -2.18. The Kier molecular flexibility index (Phi) is 7.30. The fourth-order valence-corrected chi connectivity index (χ4v) is 15.0. The Morgan fingerprint density at radius 3 is 1.22 bits per heavy atom. The molecule has 4 aromatic carbocycles. The summed E-state index contributed by atoms with van der Waals surface area (Å²) in [6.07, 6.45) is 11.2. The molecule has 54 heavy (non-hydrogen) atoms. The molecule has 2 aliphatic heterocycles. The third-order valence-electron chi connectivity index (χ3n) is 11.5. The van der Waals surface area contributed by atoms with Crippen LogP contribution in [0.2, 0.25) is 26.2 Å². The normalized spacial score (nSPS) is 14.2. The maximum absolute atomic E-state index is 4.77. The summed E-state index contributed by atoms with van der Waals surface area (Å²) < 4.78 is 0. The van der Waals surface area contributed by atoms with Gasteiger partial charge in [0.2, 0.25) is 0 Å². The van der Waals surface area contributed by atoms with Crippen molar-refractivity contribution in [2.75, 3.05) is 9.80 Å². The Morgan fingerprint density at radius 2 is 0.833 bits per heavy atom. The van der Waals surface area contributed by atoms with Gasteiger partial charge in [0.05, 0.1) is 23.8 Å².